The molecule has 1 rings (SSSR count). The van der Waals surface area contributed by atoms with Gasteiger partial charge in [0.2, 0.25) is 0 Å². The number of hydrogen-bond donors (Lipinski definition) is 1. The van der Waals surface area contributed by atoms with E-state index in [1.54, 1.807) is 18.3 Å². The molecule has 0 bridgehead atoms. The summed E-state index contributed by atoms with van der Waals surface area (Å²) in [6.45, 7) is 0. The Kier molecular flexibility index (Phi) is 1.82. The largest absolute Gasteiger partial charge is 0.346 e. The average molecular weight is 139 g/mol. The highest BCUT2D eigenvalue weighted by Crippen LogP contribution is 2.03. The molecular weight excluding hydrogens is 130 g/mol. The minimum absolute atomic E-state index is 0.338. The van der Waals surface area contributed by atoms with Crippen LogP contribution in [-0.4, -0.2) is 30.7 Å². The molecule has 1 aliphatic rings. The summed E-state index contributed by atoms with van der Waals surface area (Å²) in [7, 11) is 1.77. The predicted octanol–water partition coefficient (Wildman–Crippen LogP) is -0.672. The van der Waals surface area contributed by atoms with E-state index >= 15 is 0 Å². The molecule has 0 saturated carbocycles. The standard InChI is InChI=1S/C6H9N3O/c1-9-4-8-2-5(3-10)6(9)7/h2-4,6H,7H2,1H3. The zero-order valence-electron chi connectivity index (χ0n) is 5.69. The maximum absolute atomic E-state index is 10.3. The van der Waals surface area contributed by atoms with Gasteiger partial charge in [0.25, 0.3) is 0 Å². The highest BCUT2D eigenvalue weighted by Gasteiger charge is 2.13. The van der Waals surface area contributed by atoms with Crippen LogP contribution in [-0.2, 0) is 4.79 Å². The van der Waals surface area contributed by atoms with Crippen LogP contribution in [0.15, 0.2) is 16.8 Å². The summed E-state index contributed by atoms with van der Waals surface area (Å²) in [6, 6.07) is 0. The molecule has 0 spiro atoms. The van der Waals surface area contributed by atoms with E-state index in [4.69, 9.17) is 5.73 Å². The SMILES string of the molecule is CN1C=NC=C(C=O)C1N. The first-order valence-electron chi connectivity index (χ1n) is 2.92. The molecule has 4 nitrogen and oxygen atoms in total. The molecule has 0 aliphatic carbocycles. The molecule has 0 aromatic rings. The van der Waals surface area contributed by atoms with Crippen molar-refractivity contribution in [3.8, 4) is 0 Å². The van der Waals surface area contributed by atoms with E-state index in [0.29, 0.717) is 5.57 Å². The first-order chi connectivity index (χ1) is 4.75. The quantitative estimate of drug-likeness (QED) is 0.490. The van der Waals surface area contributed by atoms with Crippen molar-refractivity contribution in [3.63, 3.8) is 0 Å². The van der Waals surface area contributed by atoms with E-state index in [-0.39, 0.29) is 6.17 Å². The maximum Gasteiger partial charge on any atom is 0.151 e. The molecule has 1 atom stereocenters. The third-order valence-corrected chi connectivity index (χ3v) is 1.39. The Morgan fingerprint density at radius 1 is 1.90 bits per heavy atom. The van der Waals surface area contributed by atoms with Gasteiger partial charge in [-0.15, -0.1) is 0 Å². The Labute approximate surface area is 59.0 Å². The van der Waals surface area contributed by atoms with E-state index in [1.165, 1.54) is 6.20 Å². The number of carbonyl (C=O) groups is 1. The minimum Gasteiger partial charge on any atom is -0.346 e. The lowest BCUT2D eigenvalue weighted by atomic mass is 10.2. The molecule has 2 N–H and O–H groups in total. The minimum atomic E-state index is -0.338. The molecule has 0 radical (unpaired) electrons. The van der Waals surface area contributed by atoms with Gasteiger partial charge in [0, 0.05) is 18.8 Å². The second kappa shape index (κ2) is 2.62. The number of nitrogens with zero attached hydrogens (tertiary/aromatic N) is 2. The van der Waals surface area contributed by atoms with Crippen molar-refractivity contribution >= 4 is 12.6 Å². The number of carbonyl (C=O) groups excluding carboxylic acids is 1. The normalized spacial score (nSPS) is 24.4. The summed E-state index contributed by atoms with van der Waals surface area (Å²) in [5.74, 6) is 0. The van der Waals surface area contributed by atoms with E-state index in [0.717, 1.165) is 6.29 Å². The van der Waals surface area contributed by atoms with Crippen LogP contribution in [0.3, 0.4) is 0 Å². The molecule has 1 unspecified atom stereocenters. The van der Waals surface area contributed by atoms with Crippen molar-refractivity contribution in [2.75, 3.05) is 7.05 Å². The fourth-order valence-corrected chi connectivity index (χ4v) is 0.708. The van der Waals surface area contributed by atoms with Crippen molar-refractivity contribution in [1.29, 1.82) is 0 Å². The summed E-state index contributed by atoms with van der Waals surface area (Å²) in [5.41, 5.74) is 6.07. The molecule has 1 heterocycles. The summed E-state index contributed by atoms with van der Waals surface area (Å²) in [5, 5.41) is 0. The second-order valence-electron chi connectivity index (χ2n) is 2.12. The smallest absolute Gasteiger partial charge is 0.151 e. The number of rotatable bonds is 1. The van der Waals surface area contributed by atoms with Gasteiger partial charge in [0.15, 0.2) is 6.29 Å². The lowest BCUT2D eigenvalue weighted by molar-refractivity contribution is -0.105. The van der Waals surface area contributed by atoms with Gasteiger partial charge < -0.3 is 10.6 Å². The number of aldehydes is 1. The Morgan fingerprint density at radius 2 is 2.60 bits per heavy atom. The van der Waals surface area contributed by atoms with Crippen LogP contribution < -0.4 is 5.73 Å². The molecule has 0 fully saturated rings. The van der Waals surface area contributed by atoms with Crippen LogP contribution in [0, 0.1) is 0 Å². The molecule has 4 heteroatoms. The molecule has 54 valence electrons. The zero-order valence-corrected chi connectivity index (χ0v) is 5.69. The maximum atomic E-state index is 10.3. The number of nitrogens with two attached hydrogens (primary N) is 1. The number of hydrogen-bond acceptors (Lipinski definition) is 4. The van der Waals surface area contributed by atoms with Crippen LogP contribution >= 0.6 is 0 Å². The number of likely N-dealkylation sites (N-methyl/N-ethyl adjacent to an activating group) is 1. The molecule has 1 aliphatic heterocycles. The van der Waals surface area contributed by atoms with E-state index in [1.807, 2.05) is 0 Å². The van der Waals surface area contributed by atoms with Gasteiger partial charge in [0.1, 0.15) is 6.17 Å². The van der Waals surface area contributed by atoms with Crippen LogP contribution in [0.1, 0.15) is 0 Å². The molecule has 0 aromatic carbocycles. The summed E-state index contributed by atoms with van der Waals surface area (Å²) < 4.78 is 0. The third kappa shape index (κ3) is 1.06. The van der Waals surface area contributed by atoms with E-state index in [9.17, 15) is 4.79 Å². The molecule has 0 aromatic heterocycles. The molecule has 0 saturated heterocycles. The van der Waals surface area contributed by atoms with Gasteiger partial charge in [-0.3, -0.25) is 4.79 Å². The van der Waals surface area contributed by atoms with Gasteiger partial charge in [-0.1, -0.05) is 0 Å². The van der Waals surface area contributed by atoms with Crippen LogP contribution in [0.5, 0.6) is 0 Å². The Morgan fingerprint density at radius 3 is 3.10 bits per heavy atom. The van der Waals surface area contributed by atoms with Gasteiger partial charge >= 0.3 is 0 Å². The Hall–Kier alpha value is -1.16. The highest BCUT2D eigenvalue weighted by atomic mass is 16.1. The lowest BCUT2D eigenvalue weighted by Crippen LogP contribution is -2.41. The van der Waals surface area contributed by atoms with Crippen molar-refractivity contribution < 1.29 is 4.79 Å². The first-order valence-corrected chi connectivity index (χ1v) is 2.92. The zero-order chi connectivity index (χ0) is 7.56. The number of aliphatic imine (C=N–C) groups is 1. The Balaban J connectivity index is 2.81. The van der Waals surface area contributed by atoms with Gasteiger partial charge in [-0.25, -0.2) is 4.99 Å². The second-order valence-corrected chi connectivity index (χ2v) is 2.12. The van der Waals surface area contributed by atoms with E-state index < -0.39 is 0 Å². The Bertz CT molecular complexity index is 197. The molecule has 10 heavy (non-hydrogen) atoms. The third-order valence-electron chi connectivity index (χ3n) is 1.39. The summed E-state index contributed by atoms with van der Waals surface area (Å²) in [4.78, 5) is 15.7. The lowest BCUT2D eigenvalue weighted by Gasteiger charge is -2.23. The average Bonchev–Trinajstić information content (AvgIpc) is 1.95. The summed E-state index contributed by atoms with van der Waals surface area (Å²) >= 11 is 0. The fourth-order valence-electron chi connectivity index (χ4n) is 0.708. The van der Waals surface area contributed by atoms with Gasteiger partial charge in [0.05, 0.1) is 6.34 Å². The van der Waals surface area contributed by atoms with Crippen molar-refractivity contribution in [2.24, 2.45) is 10.7 Å². The topological polar surface area (TPSA) is 58.7 Å². The van der Waals surface area contributed by atoms with Crippen LogP contribution in [0.2, 0.25) is 0 Å². The van der Waals surface area contributed by atoms with Gasteiger partial charge in [-0.2, -0.15) is 0 Å². The monoisotopic (exact) mass is 139 g/mol. The fraction of sp³-hybridized carbons (Fsp3) is 0.333. The predicted molar refractivity (Wildman–Crippen MR) is 38.4 cm³/mol. The molecular formula is C6H9N3O. The first kappa shape index (κ1) is 6.95. The van der Waals surface area contributed by atoms with Gasteiger partial charge in [-0.05, 0) is 0 Å². The molecule has 0 amide bonds. The van der Waals surface area contributed by atoms with Crippen LogP contribution in [0.4, 0.5) is 0 Å². The van der Waals surface area contributed by atoms with E-state index in [2.05, 4.69) is 4.99 Å². The summed E-state index contributed by atoms with van der Waals surface area (Å²) in [6.07, 6.45) is 3.43. The highest BCUT2D eigenvalue weighted by molar-refractivity contribution is 5.78. The van der Waals surface area contributed by atoms with Crippen molar-refractivity contribution in [1.82, 2.24) is 4.90 Å². The van der Waals surface area contributed by atoms with Crippen LogP contribution in [0.25, 0.3) is 0 Å². The van der Waals surface area contributed by atoms with Crippen molar-refractivity contribution in [3.05, 3.63) is 11.8 Å². The van der Waals surface area contributed by atoms with Crippen molar-refractivity contribution in [2.45, 2.75) is 6.17 Å².